The molecule has 1 amide bonds. The molecule has 96 valence electrons. The highest BCUT2D eigenvalue weighted by atomic mass is 35.5. The van der Waals surface area contributed by atoms with Gasteiger partial charge in [-0.1, -0.05) is 19.8 Å². The molecule has 0 bridgehead atoms. The number of hydrogen-bond donors (Lipinski definition) is 2. The molecule has 0 heterocycles. The Hall–Kier alpha value is -0.280. The van der Waals surface area contributed by atoms with Crippen molar-refractivity contribution in [2.45, 2.75) is 45.4 Å². The zero-order valence-electron chi connectivity index (χ0n) is 10.5. The van der Waals surface area contributed by atoms with Crippen LogP contribution >= 0.6 is 12.4 Å². The van der Waals surface area contributed by atoms with E-state index in [-0.39, 0.29) is 17.8 Å². The van der Waals surface area contributed by atoms with Crippen LogP contribution in [0.15, 0.2) is 0 Å². The molecule has 1 aliphatic carbocycles. The van der Waals surface area contributed by atoms with Crippen LogP contribution in [0.1, 0.15) is 45.4 Å². The molecule has 2 N–H and O–H groups in total. The molecule has 0 atom stereocenters. The molecule has 3 nitrogen and oxygen atoms in total. The van der Waals surface area contributed by atoms with Gasteiger partial charge in [-0.3, -0.25) is 4.79 Å². The summed E-state index contributed by atoms with van der Waals surface area (Å²) in [4.78, 5) is 12.0. The van der Waals surface area contributed by atoms with E-state index in [1.54, 1.807) is 0 Å². The molecule has 0 unspecified atom stereocenters. The van der Waals surface area contributed by atoms with Gasteiger partial charge in [0.15, 0.2) is 0 Å². The van der Waals surface area contributed by atoms with Gasteiger partial charge in [0.05, 0.1) is 0 Å². The third-order valence-corrected chi connectivity index (χ3v) is 3.61. The van der Waals surface area contributed by atoms with Gasteiger partial charge in [0.1, 0.15) is 0 Å². The quantitative estimate of drug-likeness (QED) is 0.707. The molecular weight excluding hydrogens is 224 g/mol. The van der Waals surface area contributed by atoms with E-state index in [2.05, 4.69) is 17.6 Å². The predicted octanol–water partition coefficient (Wildman–Crippen LogP) is 2.10. The topological polar surface area (TPSA) is 41.1 Å². The van der Waals surface area contributed by atoms with Crippen LogP contribution in [0.3, 0.4) is 0 Å². The largest absolute Gasteiger partial charge is 0.356 e. The van der Waals surface area contributed by atoms with Gasteiger partial charge in [0.2, 0.25) is 5.91 Å². The summed E-state index contributed by atoms with van der Waals surface area (Å²) in [5, 5.41) is 6.16. The van der Waals surface area contributed by atoms with E-state index in [0.29, 0.717) is 5.91 Å². The minimum absolute atomic E-state index is 0. The Bertz CT molecular complexity index is 203. The van der Waals surface area contributed by atoms with Crippen molar-refractivity contribution < 1.29 is 4.79 Å². The highest BCUT2D eigenvalue weighted by Gasteiger charge is 2.38. The first-order valence-corrected chi connectivity index (χ1v) is 6.18. The van der Waals surface area contributed by atoms with E-state index in [1.165, 1.54) is 12.8 Å². The maximum absolute atomic E-state index is 12.0. The van der Waals surface area contributed by atoms with Gasteiger partial charge in [-0.15, -0.1) is 12.4 Å². The smallest absolute Gasteiger partial charge is 0.226 e. The maximum Gasteiger partial charge on any atom is 0.226 e. The van der Waals surface area contributed by atoms with Gasteiger partial charge < -0.3 is 10.6 Å². The zero-order chi connectivity index (χ0) is 11.1. The summed E-state index contributed by atoms with van der Waals surface area (Å²) in [5.74, 6) is 0.290. The van der Waals surface area contributed by atoms with E-state index < -0.39 is 0 Å². The summed E-state index contributed by atoms with van der Waals surface area (Å²) >= 11 is 0. The van der Waals surface area contributed by atoms with Gasteiger partial charge in [0.25, 0.3) is 0 Å². The Morgan fingerprint density at radius 2 is 1.88 bits per heavy atom. The predicted molar refractivity (Wildman–Crippen MR) is 70.0 cm³/mol. The fourth-order valence-electron chi connectivity index (χ4n) is 2.45. The van der Waals surface area contributed by atoms with Crippen LogP contribution in [-0.4, -0.2) is 26.0 Å². The Balaban J connectivity index is 0.00000225. The lowest BCUT2D eigenvalue weighted by molar-refractivity contribution is -0.131. The standard InChI is InChI=1S/C12H24N2O.ClH/c1-3-12(7-4-5-8-12)11(15)14-10-6-9-13-2;/h13H,3-10H2,1-2H3,(H,14,15);1H. The minimum Gasteiger partial charge on any atom is -0.356 e. The number of rotatable bonds is 6. The van der Waals surface area contributed by atoms with Crippen molar-refractivity contribution in [2.75, 3.05) is 20.1 Å². The molecule has 0 aromatic carbocycles. The van der Waals surface area contributed by atoms with Crippen LogP contribution in [0.5, 0.6) is 0 Å². The highest BCUT2D eigenvalue weighted by Crippen LogP contribution is 2.40. The van der Waals surface area contributed by atoms with Gasteiger partial charge in [0, 0.05) is 12.0 Å². The summed E-state index contributed by atoms with van der Waals surface area (Å²) in [5.41, 5.74) is -0.0281. The fraction of sp³-hybridized carbons (Fsp3) is 0.917. The normalized spacial score (nSPS) is 17.9. The summed E-state index contributed by atoms with van der Waals surface area (Å²) in [7, 11) is 1.94. The van der Waals surface area contributed by atoms with E-state index in [4.69, 9.17) is 0 Å². The summed E-state index contributed by atoms with van der Waals surface area (Å²) < 4.78 is 0. The van der Waals surface area contributed by atoms with E-state index in [9.17, 15) is 4.79 Å². The second kappa shape index (κ2) is 7.91. The molecule has 16 heavy (non-hydrogen) atoms. The van der Waals surface area contributed by atoms with Crippen molar-refractivity contribution in [3.8, 4) is 0 Å². The molecule has 1 rings (SSSR count). The maximum atomic E-state index is 12.0. The molecular formula is C12H25ClN2O. The average molecular weight is 249 g/mol. The molecule has 0 aromatic heterocycles. The third kappa shape index (κ3) is 3.95. The first kappa shape index (κ1) is 15.7. The molecule has 0 aromatic rings. The van der Waals surface area contributed by atoms with Crippen molar-refractivity contribution in [1.82, 2.24) is 10.6 Å². The molecule has 1 saturated carbocycles. The Kier molecular flexibility index (Phi) is 7.77. The SMILES string of the molecule is CCC1(C(=O)NCCCNC)CCCC1.Cl. The lowest BCUT2D eigenvalue weighted by Crippen LogP contribution is -2.39. The number of amides is 1. The number of halogens is 1. The van der Waals surface area contributed by atoms with Gasteiger partial charge in [-0.2, -0.15) is 0 Å². The monoisotopic (exact) mass is 248 g/mol. The van der Waals surface area contributed by atoms with Gasteiger partial charge in [-0.05, 0) is 39.3 Å². The molecule has 0 aliphatic heterocycles. The van der Waals surface area contributed by atoms with Crippen molar-refractivity contribution in [1.29, 1.82) is 0 Å². The van der Waals surface area contributed by atoms with Crippen molar-refractivity contribution in [3.63, 3.8) is 0 Å². The Morgan fingerprint density at radius 1 is 1.25 bits per heavy atom. The van der Waals surface area contributed by atoms with E-state index >= 15 is 0 Å². The van der Waals surface area contributed by atoms with Crippen LogP contribution in [0.2, 0.25) is 0 Å². The summed E-state index contributed by atoms with van der Waals surface area (Å²) in [6.45, 7) is 3.92. The van der Waals surface area contributed by atoms with E-state index in [0.717, 1.165) is 38.8 Å². The first-order chi connectivity index (χ1) is 7.25. The lowest BCUT2D eigenvalue weighted by Gasteiger charge is -2.25. The molecule has 0 spiro atoms. The van der Waals surface area contributed by atoms with Crippen molar-refractivity contribution >= 4 is 18.3 Å². The van der Waals surface area contributed by atoms with Crippen LogP contribution in [0, 0.1) is 5.41 Å². The number of nitrogens with one attached hydrogen (secondary N) is 2. The average Bonchev–Trinajstić information content (AvgIpc) is 2.74. The van der Waals surface area contributed by atoms with Crippen molar-refractivity contribution in [2.24, 2.45) is 5.41 Å². The Labute approximate surface area is 105 Å². The van der Waals surface area contributed by atoms with Crippen LogP contribution < -0.4 is 10.6 Å². The van der Waals surface area contributed by atoms with E-state index in [1.807, 2.05) is 7.05 Å². The second-order valence-corrected chi connectivity index (χ2v) is 4.55. The lowest BCUT2D eigenvalue weighted by atomic mass is 9.82. The number of carbonyl (C=O) groups excluding carboxylic acids is 1. The van der Waals surface area contributed by atoms with Gasteiger partial charge >= 0.3 is 0 Å². The molecule has 1 fully saturated rings. The van der Waals surface area contributed by atoms with Crippen LogP contribution in [0.25, 0.3) is 0 Å². The van der Waals surface area contributed by atoms with Crippen molar-refractivity contribution in [3.05, 3.63) is 0 Å². The molecule has 4 heteroatoms. The third-order valence-electron chi connectivity index (χ3n) is 3.61. The molecule has 0 saturated heterocycles. The zero-order valence-corrected chi connectivity index (χ0v) is 11.3. The summed E-state index contributed by atoms with van der Waals surface area (Å²) in [6, 6.07) is 0. The second-order valence-electron chi connectivity index (χ2n) is 4.55. The fourth-order valence-corrected chi connectivity index (χ4v) is 2.45. The molecule has 1 aliphatic rings. The van der Waals surface area contributed by atoms with Crippen LogP contribution in [-0.2, 0) is 4.79 Å². The summed E-state index contributed by atoms with van der Waals surface area (Å²) in [6.07, 6.45) is 6.62. The van der Waals surface area contributed by atoms with Gasteiger partial charge in [-0.25, -0.2) is 0 Å². The highest BCUT2D eigenvalue weighted by molar-refractivity contribution is 5.85. The first-order valence-electron chi connectivity index (χ1n) is 6.18. The number of carbonyl (C=O) groups is 1. The van der Waals surface area contributed by atoms with Crippen LogP contribution in [0.4, 0.5) is 0 Å². The molecule has 0 radical (unpaired) electrons. The Morgan fingerprint density at radius 3 is 2.38 bits per heavy atom. The minimum atomic E-state index is -0.0281. The number of hydrogen-bond acceptors (Lipinski definition) is 2.